The zero-order chi connectivity index (χ0) is 13.7. The number of hydrogen-bond donors (Lipinski definition) is 2. The van der Waals surface area contributed by atoms with E-state index in [9.17, 15) is 4.79 Å². The average molecular weight is 433 g/mol. The maximum Gasteiger partial charge on any atom is 0.270 e. The molecule has 1 amide bonds. The molecular formula is C12H16BrCl2N3OS2. The zero-order valence-corrected chi connectivity index (χ0v) is 16.1. The van der Waals surface area contributed by atoms with Gasteiger partial charge in [-0.3, -0.25) is 4.79 Å². The standard InChI is InChI=1S/C12H14BrN3OS2.2ClH/c1-14-3-2-4-15-11(17)9-7-19-12(16-9)10-5-8(13)6-18-10;;/h5-7,14H,2-4H2,1H3,(H,15,17);2*1H. The molecule has 21 heavy (non-hydrogen) atoms. The second-order valence-electron chi connectivity index (χ2n) is 3.88. The van der Waals surface area contributed by atoms with Crippen molar-refractivity contribution in [3.05, 3.63) is 27.0 Å². The van der Waals surface area contributed by atoms with E-state index in [-0.39, 0.29) is 30.7 Å². The summed E-state index contributed by atoms with van der Waals surface area (Å²) in [4.78, 5) is 17.3. The van der Waals surface area contributed by atoms with Crippen LogP contribution >= 0.6 is 63.4 Å². The first kappa shape index (κ1) is 20.8. The molecule has 0 unspecified atom stereocenters. The Balaban J connectivity index is 0.00000200. The molecule has 0 aromatic carbocycles. The van der Waals surface area contributed by atoms with Crippen LogP contribution in [-0.2, 0) is 0 Å². The average Bonchev–Trinajstić information content (AvgIpc) is 3.02. The first-order valence-electron chi connectivity index (χ1n) is 5.83. The first-order chi connectivity index (χ1) is 9.20. The molecule has 0 radical (unpaired) electrons. The number of amides is 1. The number of thiophene rings is 1. The Hall–Kier alpha value is -0.180. The lowest BCUT2D eigenvalue weighted by molar-refractivity contribution is 0.0949. The number of halogens is 3. The molecule has 0 aliphatic carbocycles. The Labute approximate surface area is 152 Å². The van der Waals surface area contributed by atoms with Crippen LogP contribution in [0.2, 0.25) is 0 Å². The maximum atomic E-state index is 11.9. The van der Waals surface area contributed by atoms with Crippen LogP contribution in [-0.4, -0.2) is 31.0 Å². The smallest absolute Gasteiger partial charge is 0.270 e. The highest BCUT2D eigenvalue weighted by molar-refractivity contribution is 9.10. The Morgan fingerprint density at radius 3 is 2.67 bits per heavy atom. The number of carbonyl (C=O) groups is 1. The summed E-state index contributed by atoms with van der Waals surface area (Å²) < 4.78 is 1.04. The van der Waals surface area contributed by atoms with Crippen LogP contribution in [0.3, 0.4) is 0 Å². The van der Waals surface area contributed by atoms with Crippen molar-refractivity contribution < 1.29 is 4.79 Å². The fraction of sp³-hybridized carbons (Fsp3) is 0.333. The van der Waals surface area contributed by atoms with E-state index in [1.54, 1.807) is 16.7 Å². The van der Waals surface area contributed by atoms with Crippen LogP contribution < -0.4 is 10.6 Å². The summed E-state index contributed by atoms with van der Waals surface area (Å²) in [5.41, 5.74) is 0.494. The van der Waals surface area contributed by atoms with Crippen LogP contribution in [0.4, 0.5) is 0 Å². The van der Waals surface area contributed by atoms with Crippen molar-refractivity contribution in [3.8, 4) is 9.88 Å². The van der Waals surface area contributed by atoms with Crippen LogP contribution in [0.15, 0.2) is 21.3 Å². The highest BCUT2D eigenvalue weighted by atomic mass is 79.9. The van der Waals surface area contributed by atoms with E-state index in [4.69, 9.17) is 0 Å². The van der Waals surface area contributed by atoms with Crippen molar-refractivity contribution in [1.82, 2.24) is 15.6 Å². The van der Waals surface area contributed by atoms with Crippen molar-refractivity contribution in [2.45, 2.75) is 6.42 Å². The lowest BCUT2D eigenvalue weighted by atomic mass is 10.4. The van der Waals surface area contributed by atoms with Crippen molar-refractivity contribution in [2.24, 2.45) is 0 Å². The van der Waals surface area contributed by atoms with Gasteiger partial charge in [0.25, 0.3) is 5.91 Å². The first-order valence-corrected chi connectivity index (χ1v) is 8.38. The summed E-state index contributed by atoms with van der Waals surface area (Å²) in [7, 11) is 1.90. The minimum Gasteiger partial charge on any atom is -0.351 e. The number of nitrogens with zero attached hydrogens (tertiary/aromatic N) is 1. The van der Waals surface area contributed by atoms with Gasteiger partial charge < -0.3 is 10.6 Å². The predicted octanol–water partition coefficient (Wildman–Crippen LogP) is 3.82. The number of hydrogen-bond acceptors (Lipinski definition) is 5. The molecule has 2 aromatic rings. The third kappa shape index (κ3) is 6.22. The summed E-state index contributed by atoms with van der Waals surface area (Å²) >= 11 is 6.52. The maximum absolute atomic E-state index is 11.9. The second-order valence-corrected chi connectivity index (χ2v) is 6.57. The molecule has 0 spiro atoms. The monoisotopic (exact) mass is 431 g/mol. The fourth-order valence-electron chi connectivity index (χ4n) is 1.47. The third-order valence-corrected chi connectivity index (χ3v) is 5.11. The van der Waals surface area contributed by atoms with Gasteiger partial charge in [-0.2, -0.15) is 0 Å². The van der Waals surface area contributed by atoms with Crippen LogP contribution in [0.25, 0.3) is 9.88 Å². The molecule has 0 aliphatic rings. The number of nitrogens with one attached hydrogen (secondary N) is 2. The van der Waals surface area contributed by atoms with Gasteiger partial charge in [-0.1, -0.05) is 0 Å². The summed E-state index contributed by atoms with van der Waals surface area (Å²) in [6, 6.07) is 2.01. The van der Waals surface area contributed by atoms with Crippen LogP contribution in [0.5, 0.6) is 0 Å². The number of rotatable bonds is 6. The minimum atomic E-state index is -0.103. The highest BCUT2D eigenvalue weighted by Crippen LogP contribution is 2.31. The number of carbonyl (C=O) groups excluding carboxylic acids is 1. The quantitative estimate of drug-likeness (QED) is 0.682. The summed E-state index contributed by atoms with van der Waals surface area (Å²) in [6.07, 6.45) is 0.914. The minimum absolute atomic E-state index is 0. The molecule has 2 rings (SSSR count). The van der Waals surface area contributed by atoms with Crippen molar-refractivity contribution in [1.29, 1.82) is 0 Å². The molecule has 4 nitrogen and oxygen atoms in total. The van der Waals surface area contributed by atoms with E-state index in [1.807, 2.05) is 18.5 Å². The topological polar surface area (TPSA) is 54.0 Å². The summed E-state index contributed by atoms with van der Waals surface area (Å²) in [5.74, 6) is -0.103. The lowest BCUT2D eigenvalue weighted by Gasteiger charge is -2.02. The van der Waals surface area contributed by atoms with Gasteiger partial charge in [0.15, 0.2) is 0 Å². The molecular weight excluding hydrogens is 417 g/mol. The SMILES string of the molecule is CNCCCNC(=O)c1csc(-c2cc(Br)cs2)n1.Cl.Cl. The molecule has 2 heterocycles. The number of thiazole rings is 1. The molecule has 0 atom stereocenters. The van der Waals surface area contributed by atoms with Crippen molar-refractivity contribution in [2.75, 3.05) is 20.1 Å². The Morgan fingerprint density at radius 2 is 2.05 bits per heavy atom. The van der Waals surface area contributed by atoms with E-state index in [1.165, 1.54) is 11.3 Å². The fourth-order valence-corrected chi connectivity index (χ4v) is 3.78. The van der Waals surface area contributed by atoms with Crippen LogP contribution in [0.1, 0.15) is 16.9 Å². The van der Waals surface area contributed by atoms with E-state index in [2.05, 4.69) is 31.5 Å². The Morgan fingerprint density at radius 1 is 1.29 bits per heavy atom. The van der Waals surface area contributed by atoms with Crippen LogP contribution in [0, 0.1) is 0 Å². The largest absolute Gasteiger partial charge is 0.351 e. The molecule has 2 N–H and O–H groups in total. The molecule has 0 bridgehead atoms. The predicted molar refractivity (Wildman–Crippen MR) is 98.5 cm³/mol. The van der Waals surface area contributed by atoms with Gasteiger partial charge in [0.2, 0.25) is 0 Å². The third-order valence-electron chi connectivity index (χ3n) is 2.40. The Bertz CT molecular complexity index is 562. The van der Waals surface area contributed by atoms with Gasteiger partial charge in [0.05, 0.1) is 4.88 Å². The van der Waals surface area contributed by atoms with E-state index >= 15 is 0 Å². The molecule has 0 fully saturated rings. The summed E-state index contributed by atoms with van der Waals surface area (Å²) in [6.45, 7) is 1.56. The molecule has 0 aliphatic heterocycles. The zero-order valence-electron chi connectivity index (χ0n) is 11.2. The van der Waals surface area contributed by atoms with Gasteiger partial charge in [-0.15, -0.1) is 47.5 Å². The van der Waals surface area contributed by atoms with E-state index in [0.717, 1.165) is 27.3 Å². The second kappa shape index (κ2) is 10.5. The number of aromatic nitrogens is 1. The molecule has 118 valence electrons. The lowest BCUT2D eigenvalue weighted by Crippen LogP contribution is -2.26. The van der Waals surface area contributed by atoms with Gasteiger partial charge in [0.1, 0.15) is 10.7 Å². The van der Waals surface area contributed by atoms with Gasteiger partial charge in [-0.05, 0) is 42.0 Å². The molecule has 2 aromatic heterocycles. The molecule has 0 saturated carbocycles. The molecule has 9 heteroatoms. The van der Waals surface area contributed by atoms with Gasteiger partial charge in [-0.25, -0.2) is 4.98 Å². The van der Waals surface area contributed by atoms with Crippen molar-refractivity contribution in [3.63, 3.8) is 0 Å². The van der Waals surface area contributed by atoms with Gasteiger partial charge in [0, 0.05) is 21.8 Å². The summed E-state index contributed by atoms with van der Waals surface area (Å²) in [5, 5.41) is 10.6. The van der Waals surface area contributed by atoms with Crippen molar-refractivity contribution >= 4 is 69.3 Å². The Kier molecular flexibility index (Phi) is 10.4. The normalized spacial score (nSPS) is 9.62. The van der Waals surface area contributed by atoms with Gasteiger partial charge >= 0.3 is 0 Å². The van der Waals surface area contributed by atoms with E-state index < -0.39 is 0 Å². The highest BCUT2D eigenvalue weighted by Gasteiger charge is 2.12. The molecule has 0 saturated heterocycles. The van der Waals surface area contributed by atoms with E-state index in [0.29, 0.717) is 12.2 Å².